The number of nitrogen functional groups attached to an aromatic ring is 4. The largest absolute Gasteiger partial charge is 0.396 e. The van der Waals surface area contributed by atoms with Crippen LogP contribution in [0.5, 0.6) is 0 Å². The summed E-state index contributed by atoms with van der Waals surface area (Å²) in [4.78, 5) is -0.980. The summed E-state index contributed by atoms with van der Waals surface area (Å²) in [5, 5.41) is 18.4. The highest BCUT2D eigenvalue weighted by molar-refractivity contribution is 7.86. The molecule has 0 saturated carbocycles. The average molecular weight is 739 g/mol. The summed E-state index contributed by atoms with van der Waals surface area (Å²) in [5.74, 6) is 0. The summed E-state index contributed by atoms with van der Waals surface area (Å²) in [5.41, 5.74) is 30.3. The Bertz CT molecular complexity index is 2550. The van der Waals surface area contributed by atoms with Crippen molar-refractivity contribution in [1.29, 1.82) is 0 Å². The molecule has 6 aromatic carbocycles. The highest BCUT2D eigenvalue weighted by atomic mass is 32.2. The lowest BCUT2D eigenvalue weighted by molar-refractivity contribution is 0.482. The molecule has 16 heteroatoms. The summed E-state index contributed by atoms with van der Waals surface area (Å²) >= 11 is 0. The van der Waals surface area contributed by atoms with Gasteiger partial charge in [-0.05, 0) is 85.3 Å². The number of hydrogen-bond donors (Lipinski definition) is 6. The molecule has 52 heavy (non-hydrogen) atoms. The van der Waals surface area contributed by atoms with Gasteiger partial charge in [0.05, 0.1) is 34.1 Å². The van der Waals surface area contributed by atoms with Crippen molar-refractivity contribution < 1.29 is 25.9 Å². The zero-order chi connectivity index (χ0) is 37.9. The highest BCUT2D eigenvalue weighted by Crippen LogP contribution is 2.45. The van der Waals surface area contributed by atoms with Crippen molar-refractivity contribution in [2.45, 2.75) is 37.5 Å². The third-order valence-corrected chi connectivity index (χ3v) is 10.7. The molecule has 0 unspecified atom stereocenters. The van der Waals surface area contributed by atoms with Crippen LogP contribution < -0.4 is 22.9 Å². The molecule has 6 rings (SSSR count). The van der Waals surface area contributed by atoms with Gasteiger partial charge in [-0.25, -0.2) is 0 Å². The molecule has 14 nitrogen and oxygen atoms in total. The minimum absolute atomic E-state index is 0.0772. The molecular formula is C36H34N8O6S2. The molecule has 0 spiro atoms. The van der Waals surface area contributed by atoms with E-state index in [1.165, 1.54) is 12.1 Å². The van der Waals surface area contributed by atoms with E-state index in [4.69, 9.17) is 22.9 Å². The number of azo groups is 2. The van der Waals surface area contributed by atoms with Crippen molar-refractivity contribution in [3.63, 3.8) is 0 Å². The molecule has 0 bridgehead atoms. The maximum Gasteiger partial charge on any atom is 0.297 e. The van der Waals surface area contributed by atoms with E-state index in [0.717, 1.165) is 33.4 Å². The molecule has 0 aliphatic carbocycles. The fourth-order valence-electron chi connectivity index (χ4n) is 6.41. The average Bonchev–Trinajstić information content (AvgIpc) is 3.05. The first kappa shape index (κ1) is 35.9. The van der Waals surface area contributed by atoms with Crippen molar-refractivity contribution in [3.8, 4) is 11.1 Å². The fourth-order valence-corrected chi connectivity index (χ4v) is 8.08. The molecular weight excluding hydrogens is 705 g/mol. The molecule has 0 amide bonds. The molecule has 0 aliphatic rings. The number of aryl methyl sites for hydroxylation is 4. The summed E-state index contributed by atoms with van der Waals surface area (Å²) in [6.45, 7) is 7.40. The zero-order valence-electron chi connectivity index (χ0n) is 28.4. The molecule has 0 atom stereocenters. The van der Waals surface area contributed by atoms with Crippen molar-refractivity contribution >= 4 is 87.3 Å². The van der Waals surface area contributed by atoms with E-state index in [-0.39, 0.29) is 44.9 Å². The van der Waals surface area contributed by atoms with Crippen LogP contribution in [0, 0.1) is 27.7 Å². The highest BCUT2D eigenvalue weighted by Gasteiger charge is 2.26. The number of rotatable bonds is 7. The maximum atomic E-state index is 12.3. The fraction of sp³-hybridized carbons (Fsp3) is 0.111. The first-order chi connectivity index (χ1) is 24.4. The monoisotopic (exact) mass is 738 g/mol. The molecule has 0 radical (unpaired) electrons. The van der Waals surface area contributed by atoms with E-state index in [1.807, 2.05) is 52.0 Å². The second-order valence-electron chi connectivity index (χ2n) is 12.4. The predicted octanol–water partition coefficient (Wildman–Crippen LogP) is 8.55. The van der Waals surface area contributed by atoms with E-state index in [1.54, 1.807) is 36.4 Å². The SMILES string of the molecule is Cc1cc(-c2cc(C)c(/N=N/c3c(N)c(S(=O)(=O)O)c4ccccc4c3N)c(C)c2)cc(C)c1/N=N/c1c(N)c(S(=O)(=O)O)c2ccccc2c1N. The summed E-state index contributed by atoms with van der Waals surface area (Å²) in [6.07, 6.45) is 0. The minimum atomic E-state index is -4.72. The smallest absolute Gasteiger partial charge is 0.297 e. The van der Waals surface area contributed by atoms with Crippen LogP contribution in [-0.4, -0.2) is 25.9 Å². The van der Waals surface area contributed by atoms with Gasteiger partial charge in [0.2, 0.25) is 0 Å². The molecule has 0 fully saturated rings. The number of hydrogen-bond acceptors (Lipinski definition) is 12. The van der Waals surface area contributed by atoms with Crippen LogP contribution in [0.25, 0.3) is 32.7 Å². The molecule has 0 saturated heterocycles. The normalized spacial score (nSPS) is 12.5. The van der Waals surface area contributed by atoms with E-state index in [9.17, 15) is 25.9 Å². The van der Waals surface area contributed by atoms with Gasteiger partial charge in [0.15, 0.2) is 0 Å². The zero-order valence-corrected chi connectivity index (χ0v) is 30.0. The Morgan fingerprint density at radius 3 is 1.00 bits per heavy atom. The Labute approximate surface area is 299 Å². The Morgan fingerprint density at radius 1 is 0.442 bits per heavy atom. The van der Waals surface area contributed by atoms with Crippen LogP contribution in [-0.2, 0) is 20.2 Å². The third kappa shape index (κ3) is 6.28. The number of anilines is 4. The predicted molar refractivity (Wildman–Crippen MR) is 204 cm³/mol. The number of benzene rings is 6. The first-order valence-corrected chi connectivity index (χ1v) is 18.5. The first-order valence-electron chi connectivity index (χ1n) is 15.6. The lowest BCUT2D eigenvalue weighted by atomic mass is 9.95. The number of nitrogens with two attached hydrogens (primary N) is 4. The molecule has 10 N–H and O–H groups in total. The molecule has 266 valence electrons. The van der Waals surface area contributed by atoms with E-state index in [2.05, 4.69) is 20.5 Å². The van der Waals surface area contributed by atoms with Gasteiger partial charge in [-0.15, -0.1) is 20.5 Å². The van der Waals surface area contributed by atoms with Gasteiger partial charge < -0.3 is 22.9 Å². The van der Waals surface area contributed by atoms with Crippen LogP contribution in [0.3, 0.4) is 0 Å². The minimum Gasteiger partial charge on any atom is -0.396 e. The quantitative estimate of drug-likeness (QED) is 0.0516. The van der Waals surface area contributed by atoms with Gasteiger partial charge in [0, 0.05) is 21.5 Å². The van der Waals surface area contributed by atoms with Gasteiger partial charge in [-0.2, -0.15) is 16.8 Å². The lowest BCUT2D eigenvalue weighted by Crippen LogP contribution is -2.06. The third-order valence-electron chi connectivity index (χ3n) is 8.76. The lowest BCUT2D eigenvalue weighted by Gasteiger charge is -2.14. The Balaban J connectivity index is 1.37. The summed E-state index contributed by atoms with van der Waals surface area (Å²) in [6, 6.07) is 20.4. The molecule has 6 aromatic rings. The Morgan fingerprint density at radius 2 is 0.712 bits per heavy atom. The Hall–Kier alpha value is -5.94. The van der Waals surface area contributed by atoms with Gasteiger partial charge in [0.25, 0.3) is 20.2 Å². The van der Waals surface area contributed by atoms with E-state index in [0.29, 0.717) is 22.1 Å². The van der Waals surface area contributed by atoms with Gasteiger partial charge in [0.1, 0.15) is 21.2 Å². The second kappa shape index (κ2) is 13.0. The second-order valence-corrected chi connectivity index (χ2v) is 15.1. The number of fused-ring (bicyclic) bond motifs is 2. The molecule has 0 aliphatic heterocycles. The van der Waals surface area contributed by atoms with Crippen LogP contribution in [0.15, 0.2) is 103 Å². The van der Waals surface area contributed by atoms with Crippen molar-refractivity contribution in [1.82, 2.24) is 0 Å². The summed E-state index contributed by atoms with van der Waals surface area (Å²) in [7, 11) is -9.44. The van der Waals surface area contributed by atoms with Crippen LogP contribution in [0.1, 0.15) is 22.3 Å². The van der Waals surface area contributed by atoms with Gasteiger partial charge in [-0.3, -0.25) is 9.11 Å². The topological polar surface area (TPSA) is 262 Å². The van der Waals surface area contributed by atoms with Crippen LogP contribution in [0.4, 0.5) is 45.5 Å². The van der Waals surface area contributed by atoms with Crippen molar-refractivity contribution in [2.75, 3.05) is 22.9 Å². The summed E-state index contributed by atoms with van der Waals surface area (Å²) < 4.78 is 69.0. The Kier molecular flexibility index (Phi) is 8.96. The van der Waals surface area contributed by atoms with Crippen molar-refractivity contribution in [3.05, 3.63) is 95.1 Å². The molecule has 0 aromatic heterocycles. The van der Waals surface area contributed by atoms with Crippen LogP contribution >= 0.6 is 0 Å². The van der Waals surface area contributed by atoms with Crippen molar-refractivity contribution in [2.24, 2.45) is 20.5 Å². The standard InChI is InChI=1S/C36H34N8O6S2/c1-17-13-21(14-18(2)31(17)41-43-33-27(37)23-9-5-7-11-25(23)35(29(33)39)51(45,46)47)22-15-19(3)32(20(4)16-22)42-44-34-28(38)24-10-6-8-12-26(24)36(30(34)40)52(48,49)50/h5-16H,37-40H2,1-4H3,(H,45,46,47)(H,48,49,50)/b43-41+,44-42+. The van der Waals surface area contributed by atoms with Gasteiger partial charge in [-0.1, -0.05) is 48.5 Å². The van der Waals surface area contributed by atoms with E-state index < -0.39 is 30.0 Å². The maximum absolute atomic E-state index is 12.3. The van der Waals surface area contributed by atoms with Crippen LogP contribution in [0.2, 0.25) is 0 Å². The molecule has 0 heterocycles. The van der Waals surface area contributed by atoms with Gasteiger partial charge >= 0.3 is 0 Å². The van der Waals surface area contributed by atoms with E-state index >= 15 is 0 Å². The number of nitrogens with zero attached hydrogens (tertiary/aromatic N) is 4.